The molecule has 0 spiro atoms. The van der Waals surface area contributed by atoms with Crippen LogP contribution in [0.2, 0.25) is 5.02 Å². The fourth-order valence-electron chi connectivity index (χ4n) is 2.52. The Morgan fingerprint density at radius 3 is 2.45 bits per heavy atom. The van der Waals surface area contributed by atoms with Gasteiger partial charge in [-0.3, -0.25) is 4.68 Å². The molecule has 1 aromatic carbocycles. The van der Waals surface area contributed by atoms with E-state index in [1.54, 1.807) is 0 Å². The van der Waals surface area contributed by atoms with Crippen molar-refractivity contribution in [2.24, 2.45) is 12.8 Å². The number of halogens is 1. The number of benzene rings is 1. The van der Waals surface area contributed by atoms with Crippen molar-refractivity contribution in [1.29, 1.82) is 0 Å². The van der Waals surface area contributed by atoms with Gasteiger partial charge in [0, 0.05) is 19.0 Å². The molecule has 1 unspecified atom stereocenters. The molecule has 2 rings (SSSR count). The van der Waals surface area contributed by atoms with E-state index in [1.165, 1.54) is 5.56 Å². The summed E-state index contributed by atoms with van der Waals surface area (Å²) in [5, 5.41) is 5.21. The Morgan fingerprint density at radius 1 is 1.25 bits per heavy atom. The topological polar surface area (TPSA) is 43.8 Å². The van der Waals surface area contributed by atoms with Gasteiger partial charge in [-0.05, 0) is 25.3 Å². The molecule has 0 bridgehead atoms. The fraction of sp³-hybridized carbons (Fsp3) is 0.438. The number of hydrogen-bond donors (Lipinski definition) is 1. The predicted molar refractivity (Wildman–Crippen MR) is 84.0 cm³/mol. The van der Waals surface area contributed by atoms with E-state index in [1.807, 2.05) is 29.9 Å². The van der Waals surface area contributed by atoms with E-state index < -0.39 is 0 Å². The third-order valence-electron chi connectivity index (χ3n) is 3.53. The van der Waals surface area contributed by atoms with Crippen LogP contribution in [-0.2, 0) is 26.3 Å². The number of hydrogen-bond acceptors (Lipinski definition) is 2. The van der Waals surface area contributed by atoms with Gasteiger partial charge in [-0.1, -0.05) is 48.9 Å². The molecule has 0 aliphatic rings. The summed E-state index contributed by atoms with van der Waals surface area (Å²) in [6, 6.07) is 10.3. The third kappa shape index (κ3) is 3.41. The van der Waals surface area contributed by atoms with Gasteiger partial charge in [0.2, 0.25) is 0 Å². The molecule has 0 radical (unpaired) electrons. The molecule has 1 aromatic heterocycles. The van der Waals surface area contributed by atoms with Crippen molar-refractivity contribution in [3.8, 4) is 0 Å². The van der Waals surface area contributed by atoms with Crippen molar-refractivity contribution in [1.82, 2.24) is 9.78 Å². The number of aryl methyl sites for hydroxylation is 2. The Kier molecular flexibility index (Phi) is 4.51. The third-order valence-corrected chi connectivity index (χ3v) is 3.96. The van der Waals surface area contributed by atoms with Gasteiger partial charge in [0.05, 0.1) is 16.4 Å². The lowest BCUT2D eigenvalue weighted by molar-refractivity contribution is 0.447. The highest BCUT2D eigenvalue weighted by Gasteiger charge is 2.24. The number of aromatic nitrogens is 2. The molecule has 0 saturated carbocycles. The second-order valence-electron chi connectivity index (χ2n) is 5.68. The molecule has 1 heterocycles. The van der Waals surface area contributed by atoms with Gasteiger partial charge in [-0.2, -0.15) is 5.10 Å². The van der Waals surface area contributed by atoms with Gasteiger partial charge < -0.3 is 5.73 Å². The van der Waals surface area contributed by atoms with Gasteiger partial charge in [0.15, 0.2) is 0 Å². The summed E-state index contributed by atoms with van der Waals surface area (Å²) in [6.07, 6.45) is 2.37. The predicted octanol–water partition coefficient (Wildman–Crippen LogP) is 3.14. The molecule has 0 fully saturated rings. The van der Waals surface area contributed by atoms with E-state index in [9.17, 15) is 0 Å². The van der Waals surface area contributed by atoms with Gasteiger partial charge in [-0.15, -0.1) is 0 Å². The Balaban J connectivity index is 2.18. The molecule has 2 aromatic rings. The summed E-state index contributed by atoms with van der Waals surface area (Å²) >= 11 is 6.40. The van der Waals surface area contributed by atoms with Gasteiger partial charge in [0.25, 0.3) is 0 Å². The van der Waals surface area contributed by atoms with Crippen LogP contribution < -0.4 is 5.73 Å². The highest BCUT2D eigenvalue weighted by atomic mass is 35.5. The van der Waals surface area contributed by atoms with Crippen molar-refractivity contribution >= 4 is 11.6 Å². The summed E-state index contributed by atoms with van der Waals surface area (Å²) < 4.78 is 1.86. The normalized spacial score (nSPS) is 14.2. The summed E-state index contributed by atoms with van der Waals surface area (Å²) in [6.45, 7) is 4.12. The SMILES string of the molecule is CCc1nn(C)c(CC(C)(N)Cc2ccccc2)c1Cl. The molecule has 3 nitrogen and oxygen atoms in total. The van der Waals surface area contributed by atoms with Crippen molar-refractivity contribution in [2.45, 2.75) is 38.6 Å². The van der Waals surface area contributed by atoms with E-state index in [0.29, 0.717) is 6.42 Å². The fourth-order valence-corrected chi connectivity index (χ4v) is 2.88. The van der Waals surface area contributed by atoms with E-state index in [-0.39, 0.29) is 5.54 Å². The highest BCUT2D eigenvalue weighted by molar-refractivity contribution is 6.31. The first-order valence-electron chi connectivity index (χ1n) is 6.96. The minimum atomic E-state index is -0.343. The monoisotopic (exact) mass is 291 g/mol. The molecule has 0 aliphatic heterocycles. The first kappa shape index (κ1) is 15.1. The van der Waals surface area contributed by atoms with E-state index in [0.717, 1.165) is 29.3 Å². The highest BCUT2D eigenvalue weighted by Crippen LogP contribution is 2.25. The minimum absolute atomic E-state index is 0.343. The number of nitrogens with two attached hydrogens (primary N) is 1. The van der Waals surface area contributed by atoms with Crippen molar-refractivity contribution in [2.75, 3.05) is 0 Å². The molecular formula is C16H22ClN3. The second-order valence-corrected chi connectivity index (χ2v) is 6.06. The van der Waals surface area contributed by atoms with Crippen LogP contribution in [0.4, 0.5) is 0 Å². The Labute approximate surface area is 125 Å². The smallest absolute Gasteiger partial charge is 0.0850 e. The lowest BCUT2D eigenvalue weighted by atomic mass is 9.89. The van der Waals surface area contributed by atoms with E-state index in [2.05, 4.69) is 31.1 Å². The molecule has 1 atom stereocenters. The standard InChI is InChI=1S/C16H22ClN3/c1-4-13-15(17)14(20(3)19-13)11-16(2,18)10-12-8-6-5-7-9-12/h5-9H,4,10-11,18H2,1-3H3. The Morgan fingerprint density at radius 2 is 1.90 bits per heavy atom. The van der Waals surface area contributed by atoms with Gasteiger partial charge in [-0.25, -0.2) is 0 Å². The van der Waals surface area contributed by atoms with Crippen molar-refractivity contribution in [3.63, 3.8) is 0 Å². The quantitative estimate of drug-likeness (QED) is 0.920. The number of nitrogens with zero attached hydrogens (tertiary/aromatic N) is 2. The first-order chi connectivity index (χ1) is 9.43. The zero-order chi connectivity index (χ0) is 14.8. The lowest BCUT2D eigenvalue weighted by Crippen LogP contribution is -2.41. The van der Waals surface area contributed by atoms with Crippen molar-refractivity contribution in [3.05, 3.63) is 52.3 Å². The Bertz CT molecular complexity index is 573. The van der Waals surface area contributed by atoms with Crippen LogP contribution in [0, 0.1) is 0 Å². The summed E-state index contributed by atoms with van der Waals surface area (Å²) in [7, 11) is 1.93. The Hall–Kier alpha value is -1.32. The molecule has 4 heteroatoms. The molecule has 108 valence electrons. The molecule has 0 amide bonds. The summed E-state index contributed by atoms with van der Waals surface area (Å²) in [5.41, 5.74) is 9.33. The molecular weight excluding hydrogens is 270 g/mol. The van der Waals surface area contributed by atoms with Crippen molar-refractivity contribution < 1.29 is 0 Å². The first-order valence-corrected chi connectivity index (χ1v) is 7.34. The zero-order valence-corrected chi connectivity index (χ0v) is 13.1. The average Bonchev–Trinajstić information content (AvgIpc) is 2.66. The van der Waals surface area contributed by atoms with Gasteiger partial charge >= 0.3 is 0 Å². The van der Waals surface area contributed by atoms with Crippen LogP contribution in [0.5, 0.6) is 0 Å². The average molecular weight is 292 g/mol. The molecule has 20 heavy (non-hydrogen) atoms. The van der Waals surface area contributed by atoms with E-state index in [4.69, 9.17) is 17.3 Å². The van der Waals surface area contributed by atoms with Gasteiger partial charge in [0.1, 0.15) is 0 Å². The molecule has 2 N–H and O–H groups in total. The second kappa shape index (κ2) is 5.98. The van der Waals surface area contributed by atoms with Crippen LogP contribution in [-0.4, -0.2) is 15.3 Å². The van der Waals surface area contributed by atoms with Crippen LogP contribution in [0.1, 0.15) is 30.8 Å². The lowest BCUT2D eigenvalue weighted by Gasteiger charge is -2.25. The molecule has 0 saturated heterocycles. The van der Waals surface area contributed by atoms with Crippen LogP contribution >= 0.6 is 11.6 Å². The number of rotatable bonds is 5. The maximum Gasteiger partial charge on any atom is 0.0850 e. The van der Waals surface area contributed by atoms with Crippen LogP contribution in [0.3, 0.4) is 0 Å². The molecule has 0 aliphatic carbocycles. The maximum absolute atomic E-state index is 6.47. The van der Waals surface area contributed by atoms with Crippen LogP contribution in [0.15, 0.2) is 30.3 Å². The van der Waals surface area contributed by atoms with E-state index >= 15 is 0 Å². The maximum atomic E-state index is 6.47. The minimum Gasteiger partial charge on any atom is -0.325 e. The zero-order valence-electron chi connectivity index (χ0n) is 12.4. The summed E-state index contributed by atoms with van der Waals surface area (Å²) in [4.78, 5) is 0. The largest absolute Gasteiger partial charge is 0.325 e. The van der Waals surface area contributed by atoms with Crippen LogP contribution in [0.25, 0.3) is 0 Å². The summed E-state index contributed by atoms with van der Waals surface area (Å²) in [5.74, 6) is 0.